The second-order valence-corrected chi connectivity index (χ2v) is 4.71. The molecule has 0 unspecified atom stereocenters. The van der Waals surface area contributed by atoms with E-state index < -0.39 is 11.7 Å². The number of hydrogen-bond acceptors (Lipinski definition) is 3. The van der Waals surface area contributed by atoms with E-state index in [1.165, 1.54) is 0 Å². The summed E-state index contributed by atoms with van der Waals surface area (Å²) in [6.45, 7) is 5.40. The predicted molar refractivity (Wildman–Crippen MR) is 70.6 cm³/mol. The molecule has 0 bridgehead atoms. The third-order valence-corrected chi connectivity index (χ3v) is 1.88. The minimum Gasteiger partial charge on any atom is -0.444 e. The number of rotatable bonds is 2. The van der Waals surface area contributed by atoms with E-state index in [4.69, 9.17) is 7.48 Å². The topological polar surface area (TPSA) is 41.6 Å². The van der Waals surface area contributed by atoms with E-state index in [0.717, 1.165) is 5.69 Å². The number of benzene rings is 1. The molecule has 4 nitrogen and oxygen atoms in total. The van der Waals surface area contributed by atoms with E-state index in [2.05, 4.69) is 5.32 Å². The van der Waals surface area contributed by atoms with E-state index in [1.54, 1.807) is 49.9 Å². The van der Waals surface area contributed by atoms with Crippen molar-refractivity contribution in [1.29, 1.82) is 0 Å². The molecular weight excluding hydrogens is 216 g/mol. The first-order valence-electron chi connectivity index (χ1n) is 6.70. The molecule has 0 aliphatic heterocycles. The van der Waals surface area contributed by atoms with Crippen LogP contribution in [-0.2, 0) is 4.74 Å². The van der Waals surface area contributed by atoms with Crippen molar-refractivity contribution in [2.45, 2.75) is 26.4 Å². The molecule has 0 radical (unpaired) electrons. The van der Waals surface area contributed by atoms with Crippen molar-refractivity contribution in [1.82, 2.24) is 0 Å². The van der Waals surface area contributed by atoms with Crippen molar-refractivity contribution in [2.75, 3.05) is 24.3 Å². The van der Waals surface area contributed by atoms with Crippen molar-refractivity contribution in [3.8, 4) is 0 Å². The van der Waals surface area contributed by atoms with E-state index in [1.807, 2.05) is 0 Å². The van der Waals surface area contributed by atoms with Crippen LogP contribution in [0.1, 0.15) is 23.5 Å². The predicted octanol–water partition coefficient (Wildman–Crippen LogP) is 3.10. The second kappa shape index (κ2) is 5.08. The Labute approximate surface area is 105 Å². The highest BCUT2D eigenvalue weighted by atomic mass is 16.6. The molecule has 0 atom stereocenters. The molecule has 0 aliphatic carbocycles. The van der Waals surface area contributed by atoms with Gasteiger partial charge in [0.05, 0.1) is 0 Å². The van der Waals surface area contributed by atoms with Crippen LogP contribution in [0.4, 0.5) is 16.2 Å². The molecule has 17 heavy (non-hydrogen) atoms. The maximum absolute atomic E-state index is 11.6. The van der Waals surface area contributed by atoms with Crippen LogP contribution in [0.15, 0.2) is 24.3 Å². The number of carbonyl (C=O) groups is 1. The minimum absolute atomic E-state index is 0.0301. The summed E-state index contributed by atoms with van der Waals surface area (Å²) in [5.41, 5.74) is 0.865. The molecule has 0 saturated carbocycles. The fourth-order valence-corrected chi connectivity index (χ4v) is 1.18. The van der Waals surface area contributed by atoms with Crippen molar-refractivity contribution in [3.63, 3.8) is 0 Å². The van der Waals surface area contributed by atoms with E-state index in [-0.39, 0.29) is 14.0 Å². The summed E-state index contributed by atoms with van der Waals surface area (Å²) in [5, 5.41) is 2.63. The Bertz CT molecular complexity index is 412. The minimum atomic E-state index is -0.530. The molecule has 1 rings (SSSR count). The maximum Gasteiger partial charge on any atom is 0.412 e. The van der Waals surface area contributed by atoms with Gasteiger partial charge in [-0.15, -0.1) is 0 Å². The molecule has 0 aromatic heterocycles. The number of ether oxygens (including phenoxy) is 1. The first-order valence-corrected chi connectivity index (χ1v) is 5.29. The van der Waals surface area contributed by atoms with Crippen LogP contribution in [0.25, 0.3) is 0 Å². The van der Waals surface area contributed by atoms with E-state index >= 15 is 0 Å². The summed E-state index contributed by atoms with van der Waals surface area (Å²) >= 11 is 0. The second-order valence-electron chi connectivity index (χ2n) is 4.71. The Morgan fingerprint density at radius 2 is 1.88 bits per heavy atom. The third kappa shape index (κ3) is 4.76. The summed E-state index contributed by atoms with van der Waals surface area (Å²) in [6.07, 6.45) is -0.502. The van der Waals surface area contributed by atoms with Crippen LogP contribution in [0.3, 0.4) is 0 Å². The van der Waals surface area contributed by atoms with Gasteiger partial charge in [-0.25, -0.2) is 4.79 Å². The molecule has 0 saturated heterocycles. The summed E-state index contributed by atoms with van der Waals surface area (Å²) in [4.78, 5) is 13.1. The van der Waals surface area contributed by atoms with Crippen molar-refractivity contribution in [2.24, 2.45) is 0 Å². The Kier molecular flexibility index (Phi) is 3.12. The van der Waals surface area contributed by atoms with Gasteiger partial charge < -0.3 is 9.64 Å². The lowest BCUT2D eigenvalue weighted by Crippen LogP contribution is -2.27. The first-order chi connectivity index (χ1) is 8.85. The zero-order valence-electron chi connectivity index (χ0n) is 12.5. The molecule has 0 aliphatic rings. The van der Waals surface area contributed by atoms with E-state index in [9.17, 15) is 4.79 Å². The number of hydrogen-bond donors (Lipinski definition) is 1. The third-order valence-electron chi connectivity index (χ3n) is 1.88. The SMILES string of the molecule is [3H]CN(C[3H])c1ccc(NC(=O)OC(C)(C)C)cc1. The van der Waals surface area contributed by atoms with Crippen LogP contribution in [0.2, 0.25) is 0 Å². The Morgan fingerprint density at radius 3 is 2.35 bits per heavy atom. The molecule has 1 N–H and O–H groups in total. The number of nitrogens with zero attached hydrogens (tertiary/aromatic N) is 1. The van der Waals surface area contributed by atoms with Gasteiger partial charge >= 0.3 is 6.09 Å². The quantitative estimate of drug-likeness (QED) is 0.863. The molecule has 1 aromatic carbocycles. The molecule has 0 spiro atoms. The number of nitrogens with one attached hydrogen (secondary N) is 1. The van der Waals surface area contributed by atoms with Crippen LogP contribution < -0.4 is 10.2 Å². The Morgan fingerprint density at radius 1 is 1.29 bits per heavy atom. The Balaban J connectivity index is 2.64. The van der Waals surface area contributed by atoms with Gasteiger partial charge in [0.25, 0.3) is 0 Å². The monoisotopic (exact) mass is 240 g/mol. The number of amides is 1. The molecular formula is C13H20N2O2. The van der Waals surface area contributed by atoms with Crippen molar-refractivity contribution in [3.05, 3.63) is 24.3 Å². The van der Waals surface area contributed by atoms with Gasteiger partial charge in [0.2, 0.25) is 0 Å². The highest BCUT2D eigenvalue weighted by Gasteiger charge is 2.15. The molecule has 1 aromatic rings. The number of anilines is 2. The van der Waals surface area contributed by atoms with Gasteiger partial charge in [-0.1, -0.05) is 0 Å². The van der Waals surface area contributed by atoms with Crippen molar-refractivity contribution < 1.29 is 12.3 Å². The lowest BCUT2D eigenvalue weighted by Gasteiger charge is -2.20. The van der Waals surface area contributed by atoms with Gasteiger partial charge in [-0.2, -0.15) is 0 Å². The maximum atomic E-state index is 11.6. The summed E-state index contributed by atoms with van der Waals surface area (Å²) in [7, 11) is 0.0602. The first kappa shape index (κ1) is 10.4. The van der Waals surface area contributed by atoms with Gasteiger partial charge in [-0.3, -0.25) is 5.32 Å². The lowest BCUT2D eigenvalue weighted by molar-refractivity contribution is 0.0636. The largest absolute Gasteiger partial charge is 0.444 e. The standard InChI is InChI=1S/C13H20N2O2/c1-13(2,3)17-12(16)14-10-6-8-11(9-7-10)15(4)5/h6-9H,1-5H3,(H,14,16)/i4T,5T. The Hall–Kier alpha value is -1.71. The zero-order chi connectivity index (χ0) is 14.5. The smallest absolute Gasteiger partial charge is 0.412 e. The van der Waals surface area contributed by atoms with Crippen LogP contribution in [0, 0.1) is 0 Å². The molecule has 1 amide bonds. The molecule has 0 heterocycles. The van der Waals surface area contributed by atoms with Gasteiger partial charge in [0.1, 0.15) is 5.60 Å². The fourth-order valence-electron chi connectivity index (χ4n) is 1.18. The van der Waals surface area contributed by atoms with Crippen LogP contribution >= 0.6 is 0 Å². The van der Waals surface area contributed by atoms with Gasteiger partial charge in [0, 0.05) is 28.2 Å². The fraction of sp³-hybridized carbons (Fsp3) is 0.462. The average molecular weight is 240 g/mol. The van der Waals surface area contributed by atoms with Crippen LogP contribution in [-0.4, -0.2) is 25.7 Å². The van der Waals surface area contributed by atoms with E-state index in [0.29, 0.717) is 5.69 Å². The molecule has 0 fully saturated rings. The summed E-state index contributed by atoms with van der Waals surface area (Å²) in [5.74, 6) is 0. The van der Waals surface area contributed by atoms with Gasteiger partial charge in [0.15, 0.2) is 0 Å². The van der Waals surface area contributed by atoms with Crippen molar-refractivity contribution >= 4 is 17.5 Å². The van der Waals surface area contributed by atoms with Gasteiger partial charge in [-0.05, 0) is 45.0 Å². The highest BCUT2D eigenvalue weighted by Crippen LogP contribution is 2.16. The zero-order valence-corrected chi connectivity index (χ0v) is 10.5. The van der Waals surface area contributed by atoms with Crippen LogP contribution in [0.5, 0.6) is 0 Å². The molecule has 4 heteroatoms. The summed E-state index contributed by atoms with van der Waals surface area (Å²) in [6, 6.07) is 6.96. The molecule has 94 valence electrons. The number of carbonyl (C=O) groups excluding carboxylic acids is 1. The summed E-state index contributed by atoms with van der Waals surface area (Å²) < 4.78 is 19.7. The average Bonchev–Trinajstić information content (AvgIpc) is 2.30. The highest BCUT2D eigenvalue weighted by molar-refractivity contribution is 5.85. The normalized spacial score (nSPS) is 12.4. The lowest BCUT2D eigenvalue weighted by atomic mass is 10.2.